The normalized spacial score (nSPS) is 17.4. The number of ether oxygens (including phenoxy) is 2. The van der Waals surface area contributed by atoms with Crippen LogP contribution in [0.4, 0.5) is 4.39 Å². The second-order valence-electron chi connectivity index (χ2n) is 4.38. The van der Waals surface area contributed by atoms with Crippen LogP contribution in [0.2, 0.25) is 0 Å². The van der Waals surface area contributed by atoms with Crippen molar-refractivity contribution in [1.82, 2.24) is 0 Å². The van der Waals surface area contributed by atoms with E-state index in [0.29, 0.717) is 6.42 Å². The molecule has 0 spiro atoms. The van der Waals surface area contributed by atoms with Crippen molar-refractivity contribution in [2.24, 2.45) is 0 Å². The zero-order valence-electron chi connectivity index (χ0n) is 13.1. The lowest BCUT2D eigenvalue weighted by atomic mass is 10.2. The third-order valence-electron chi connectivity index (χ3n) is 2.86. The number of carbonyl (C=O) groups is 1. The molecule has 0 aromatic rings. The van der Waals surface area contributed by atoms with E-state index in [1.807, 2.05) is 0 Å². The summed E-state index contributed by atoms with van der Waals surface area (Å²) >= 11 is 0. The number of aliphatic carboxylic acids is 1. The number of carboxylic acid groups (broad SMARTS) is 1. The topological polar surface area (TPSA) is 82.1 Å². The van der Waals surface area contributed by atoms with Crippen LogP contribution in [0, 0.1) is 0 Å². The molecule has 0 rings (SSSR count). The minimum atomic E-state index is -3.80. The molecule has 0 fully saturated rings. The van der Waals surface area contributed by atoms with Gasteiger partial charge in [-0.25, -0.2) is 9.18 Å². The van der Waals surface area contributed by atoms with Crippen LogP contribution < -0.4 is 0 Å². The lowest BCUT2D eigenvalue weighted by Crippen LogP contribution is -2.36. The summed E-state index contributed by atoms with van der Waals surface area (Å²) in [4.78, 5) is 11.0. The molecule has 21 heavy (non-hydrogen) atoms. The molecule has 0 aliphatic carbocycles. The molecule has 3 unspecified atom stereocenters. The summed E-state index contributed by atoms with van der Waals surface area (Å²) in [6, 6.07) is -1.25. The highest BCUT2D eigenvalue weighted by molar-refractivity contribution is 7.60. The summed E-state index contributed by atoms with van der Waals surface area (Å²) in [5.41, 5.74) is -1.29. The van der Waals surface area contributed by atoms with Crippen LogP contribution in [-0.4, -0.2) is 48.8 Å². The largest absolute Gasteiger partial charge is 0.479 e. The van der Waals surface area contributed by atoms with Crippen molar-refractivity contribution in [3.05, 3.63) is 0 Å². The van der Waals surface area contributed by atoms with E-state index in [9.17, 15) is 13.8 Å². The second-order valence-corrected chi connectivity index (χ2v) is 7.01. The van der Waals surface area contributed by atoms with Crippen molar-refractivity contribution >= 4 is 13.3 Å². The van der Waals surface area contributed by atoms with Gasteiger partial charge in [-0.1, -0.05) is 13.3 Å². The van der Waals surface area contributed by atoms with Crippen LogP contribution in [-0.2, 0) is 23.4 Å². The Morgan fingerprint density at radius 3 is 2.00 bits per heavy atom. The molecule has 126 valence electrons. The summed E-state index contributed by atoms with van der Waals surface area (Å²) in [6.07, 6.45) is -1.70. The molecule has 8 heteroatoms. The van der Waals surface area contributed by atoms with Gasteiger partial charge >= 0.3 is 5.97 Å². The molecule has 3 atom stereocenters. The van der Waals surface area contributed by atoms with Crippen LogP contribution in [0.3, 0.4) is 0 Å². The zero-order chi connectivity index (χ0) is 16.5. The second kappa shape index (κ2) is 10.3. The van der Waals surface area contributed by atoms with Gasteiger partial charge in [-0.3, -0.25) is 4.57 Å². The summed E-state index contributed by atoms with van der Waals surface area (Å²) in [6.45, 7) is 7.19. The van der Waals surface area contributed by atoms with Crippen molar-refractivity contribution in [3.8, 4) is 0 Å². The Kier molecular flexibility index (Phi) is 10.0. The molecule has 0 aliphatic rings. The Morgan fingerprint density at radius 2 is 1.67 bits per heavy atom. The van der Waals surface area contributed by atoms with Crippen LogP contribution in [0.1, 0.15) is 40.5 Å². The van der Waals surface area contributed by atoms with E-state index in [1.165, 1.54) is 0 Å². The third kappa shape index (κ3) is 5.66. The first-order valence-corrected chi connectivity index (χ1v) is 8.99. The van der Waals surface area contributed by atoms with Crippen molar-refractivity contribution in [2.75, 3.05) is 19.8 Å². The minimum Gasteiger partial charge on any atom is -0.479 e. The highest BCUT2D eigenvalue weighted by Crippen LogP contribution is 2.60. The molecule has 1 N–H and O–H groups in total. The summed E-state index contributed by atoms with van der Waals surface area (Å²) in [7, 11) is -3.80. The number of hydrogen-bond donors (Lipinski definition) is 1. The van der Waals surface area contributed by atoms with Crippen LogP contribution in [0.5, 0.6) is 0 Å². The number of alkyl halides is 1. The number of halogens is 1. The lowest BCUT2D eigenvalue weighted by molar-refractivity contribution is -0.143. The van der Waals surface area contributed by atoms with Gasteiger partial charge in [0.05, 0.1) is 12.3 Å². The third-order valence-corrected chi connectivity index (χ3v) is 5.86. The summed E-state index contributed by atoms with van der Waals surface area (Å²) in [5, 5.41) is 8.92. The Morgan fingerprint density at radius 1 is 1.14 bits per heavy atom. The van der Waals surface area contributed by atoms with Crippen LogP contribution in [0.25, 0.3) is 0 Å². The fraction of sp³-hybridized carbons (Fsp3) is 0.923. The molecule has 0 aliphatic heterocycles. The number of rotatable bonds is 12. The maximum atomic E-state index is 14.1. The summed E-state index contributed by atoms with van der Waals surface area (Å²) < 4.78 is 43.1. The maximum absolute atomic E-state index is 14.1. The molecular weight excluding hydrogens is 302 g/mol. The van der Waals surface area contributed by atoms with Crippen LogP contribution >= 0.6 is 7.37 Å². The highest BCUT2D eigenvalue weighted by atomic mass is 31.2. The molecule has 0 saturated carbocycles. The molecule has 0 aromatic carbocycles. The van der Waals surface area contributed by atoms with Crippen molar-refractivity contribution in [1.29, 1.82) is 0 Å². The van der Waals surface area contributed by atoms with Gasteiger partial charge in [0.15, 0.2) is 0 Å². The Balaban J connectivity index is 5.60. The van der Waals surface area contributed by atoms with Gasteiger partial charge in [-0.05, 0) is 27.2 Å². The Hall–Kier alpha value is -0.490. The molecule has 0 aromatic heterocycles. The van der Waals surface area contributed by atoms with Gasteiger partial charge < -0.3 is 19.1 Å². The van der Waals surface area contributed by atoms with E-state index in [1.54, 1.807) is 27.7 Å². The fourth-order valence-corrected chi connectivity index (χ4v) is 4.88. The predicted octanol–water partition coefficient (Wildman–Crippen LogP) is 3.25. The first-order chi connectivity index (χ1) is 9.88. The molecule has 0 radical (unpaired) electrons. The first kappa shape index (κ1) is 20.5. The van der Waals surface area contributed by atoms with Crippen molar-refractivity contribution < 1.29 is 32.9 Å². The molecule has 6 nitrogen and oxygen atoms in total. The first-order valence-electron chi connectivity index (χ1n) is 7.22. The molecule has 0 amide bonds. The highest BCUT2D eigenvalue weighted by Gasteiger charge is 2.49. The number of carboxylic acids is 1. The van der Waals surface area contributed by atoms with E-state index < -0.39 is 31.2 Å². The standard InChI is InChI=1S/C13H26FO6P/c1-5-9-10(11(14)12(15)16)21(17,20-8-4)13(18-6-2)19-7-3/h10-11,13H,5-9H2,1-4H3,(H,15,16). The minimum absolute atomic E-state index is 0.0560. The van der Waals surface area contributed by atoms with Gasteiger partial charge in [0.1, 0.15) is 0 Å². The monoisotopic (exact) mass is 328 g/mol. The van der Waals surface area contributed by atoms with E-state index in [4.69, 9.17) is 19.1 Å². The predicted molar refractivity (Wildman–Crippen MR) is 77.5 cm³/mol. The van der Waals surface area contributed by atoms with Gasteiger partial charge in [0, 0.05) is 13.2 Å². The smallest absolute Gasteiger partial charge is 0.339 e. The van der Waals surface area contributed by atoms with Crippen molar-refractivity contribution in [2.45, 2.75) is 58.4 Å². The fourth-order valence-electron chi connectivity index (χ4n) is 2.02. The number of hydrogen-bond acceptors (Lipinski definition) is 5. The molecular formula is C13H26FO6P. The maximum Gasteiger partial charge on any atom is 0.339 e. The Labute approximate surface area is 125 Å². The van der Waals surface area contributed by atoms with Gasteiger partial charge in [-0.2, -0.15) is 0 Å². The van der Waals surface area contributed by atoms with Crippen molar-refractivity contribution in [3.63, 3.8) is 0 Å². The summed E-state index contributed by atoms with van der Waals surface area (Å²) in [5.74, 6) is -1.65. The average Bonchev–Trinajstić information content (AvgIpc) is 2.43. The SMILES string of the molecule is CCCC(C(F)C(=O)O)P(=O)(OCC)C(OCC)OCC. The zero-order valence-corrected chi connectivity index (χ0v) is 14.0. The van der Waals surface area contributed by atoms with E-state index >= 15 is 0 Å². The van der Waals surface area contributed by atoms with Gasteiger partial charge in [0.25, 0.3) is 7.37 Å². The van der Waals surface area contributed by atoms with Gasteiger partial charge in [-0.15, -0.1) is 0 Å². The quantitative estimate of drug-likeness (QED) is 0.437. The van der Waals surface area contributed by atoms with Gasteiger partial charge in [0.2, 0.25) is 12.2 Å². The molecule has 0 heterocycles. The van der Waals surface area contributed by atoms with E-state index in [2.05, 4.69) is 0 Å². The van der Waals surface area contributed by atoms with E-state index in [-0.39, 0.29) is 26.2 Å². The average molecular weight is 328 g/mol. The molecule has 0 bridgehead atoms. The lowest BCUT2D eigenvalue weighted by Gasteiger charge is -2.33. The van der Waals surface area contributed by atoms with E-state index in [0.717, 1.165) is 0 Å². The molecule has 0 saturated heterocycles. The Bertz CT molecular complexity index is 346. The van der Waals surface area contributed by atoms with Crippen LogP contribution in [0.15, 0.2) is 0 Å².